The lowest BCUT2D eigenvalue weighted by Gasteiger charge is -2.12. The molecule has 1 rings (SSSR count). The van der Waals surface area contributed by atoms with Crippen LogP contribution in [0.3, 0.4) is 0 Å². The van der Waals surface area contributed by atoms with Gasteiger partial charge in [0, 0.05) is 6.42 Å². The maximum Gasteiger partial charge on any atom is 0.326 e. The smallest absolute Gasteiger partial charge is 0.326 e. The van der Waals surface area contributed by atoms with Crippen LogP contribution >= 0.6 is 11.6 Å². The van der Waals surface area contributed by atoms with Crippen molar-refractivity contribution in [2.24, 2.45) is 5.73 Å². The molecule has 1 atom stereocenters. The molecule has 0 aliphatic rings. The Labute approximate surface area is 107 Å². The van der Waals surface area contributed by atoms with Gasteiger partial charge < -0.3 is 20.6 Å². The van der Waals surface area contributed by atoms with Gasteiger partial charge in [-0.15, -0.1) is 0 Å². The van der Waals surface area contributed by atoms with Crippen LogP contribution in [0, 0.1) is 0 Å². The molecule has 0 bridgehead atoms. The fourth-order valence-electron chi connectivity index (χ4n) is 1.21. The van der Waals surface area contributed by atoms with Gasteiger partial charge in [-0.1, -0.05) is 0 Å². The number of carboxylic acid groups (broad SMARTS) is 1. The molecular weight excluding hydrogens is 264 g/mol. The first kappa shape index (κ1) is 14.0. The molecule has 2 amide bonds. The Balaban J connectivity index is 2.63. The van der Waals surface area contributed by atoms with Gasteiger partial charge in [-0.2, -0.15) is 0 Å². The van der Waals surface area contributed by atoms with E-state index >= 15 is 0 Å². The number of hydrogen-bond acceptors (Lipinski definition) is 4. The number of aliphatic carboxylic acids is 1. The summed E-state index contributed by atoms with van der Waals surface area (Å²) in [4.78, 5) is 33.0. The quantitative estimate of drug-likeness (QED) is 0.692. The van der Waals surface area contributed by atoms with Gasteiger partial charge in [0.05, 0.1) is 0 Å². The van der Waals surface area contributed by atoms with E-state index in [9.17, 15) is 14.4 Å². The molecule has 4 N–H and O–H groups in total. The van der Waals surface area contributed by atoms with E-state index in [0.717, 1.165) is 0 Å². The Morgan fingerprint density at radius 2 is 2.11 bits per heavy atom. The monoisotopic (exact) mass is 274 g/mol. The predicted molar refractivity (Wildman–Crippen MR) is 61.0 cm³/mol. The number of primary amides is 1. The van der Waals surface area contributed by atoms with Crippen LogP contribution in [-0.4, -0.2) is 28.9 Å². The molecule has 0 fully saturated rings. The number of furan rings is 1. The molecule has 0 aliphatic heterocycles. The van der Waals surface area contributed by atoms with Crippen molar-refractivity contribution in [1.82, 2.24) is 5.32 Å². The Bertz CT molecular complexity index is 471. The normalized spacial score (nSPS) is 11.8. The van der Waals surface area contributed by atoms with Gasteiger partial charge in [-0.3, -0.25) is 9.59 Å². The van der Waals surface area contributed by atoms with E-state index in [-0.39, 0.29) is 23.8 Å². The zero-order chi connectivity index (χ0) is 13.7. The third kappa shape index (κ3) is 4.10. The zero-order valence-corrected chi connectivity index (χ0v) is 9.94. The first-order valence-corrected chi connectivity index (χ1v) is 5.35. The number of nitrogens with two attached hydrogens (primary N) is 1. The van der Waals surface area contributed by atoms with Crippen LogP contribution in [-0.2, 0) is 9.59 Å². The Morgan fingerprint density at radius 1 is 1.44 bits per heavy atom. The van der Waals surface area contributed by atoms with Crippen molar-refractivity contribution in [2.75, 3.05) is 0 Å². The number of amides is 2. The van der Waals surface area contributed by atoms with E-state index in [0.29, 0.717) is 0 Å². The molecular formula is C10H11ClN2O5. The summed E-state index contributed by atoms with van der Waals surface area (Å²) in [7, 11) is 0. The zero-order valence-electron chi connectivity index (χ0n) is 9.18. The van der Waals surface area contributed by atoms with Crippen LogP contribution in [0.25, 0.3) is 0 Å². The minimum atomic E-state index is -1.26. The summed E-state index contributed by atoms with van der Waals surface area (Å²) in [5, 5.41) is 11.1. The highest BCUT2D eigenvalue weighted by Crippen LogP contribution is 2.13. The minimum absolute atomic E-state index is 0.0177. The molecule has 0 aromatic carbocycles. The fourth-order valence-corrected chi connectivity index (χ4v) is 1.36. The van der Waals surface area contributed by atoms with E-state index in [4.69, 9.17) is 26.9 Å². The minimum Gasteiger partial charge on any atom is -0.480 e. The topological polar surface area (TPSA) is 123 Å². The number of carbonyl (C=O) groups excluding carboxylic acids is 2. The largest absolute Gasteiger partial charge is 0.480 e. The van der Waals surface area contributed by atoms with Crippen molar-refractivity contribution < 1.29 is 23.9 Å². The molecule has 0 aliphatic carbocycles. The number of nitrogens with one attached hydrogen (secondary N) is 1. The van der Waals surface area contributed by atoms with Crippen LogP contribution in [0.15, 0.2) is 16.5 Å². The highest BCUT2D eigenvalue weighted by molar-refractivity contribution is 6.29. The lowest BCUT2D eigenvalue weighted by molar-refractivity contribution is -0.139. The number of halogens is 1. The van der Waals surface area contributed by atoms with E-state index in [1.807, 2.05) is 0 Å². The lowest BCUT2D eigenvalue weighted by atomic mass is 10.1. The van der Waals surface area contributed by atoms with Crippen LogP contribution in [0.1, 0.15) is 23.4 Å². The molecule has 1 heterocycles. The van der Waals surface area contributed by atoms with Crippen molar-refractivity contribution >= 4 is 29.4 Å². The van der Waals surface area contributed by atoms with Gasteiger partial charge in [-0.05, 0) is 30.2 Å². The fraction of sp³-hybridized carbons (Fsp3) is 0.300. The average Bonchev–Trinajstić information content (AvgIpc) is 2.70. The number of rotatable bonds is 6. The Kier molecular flexibility index (Phi) is 4.73. The van der Waals surface area contributed by atoms with Crippen molar-refractivity contribution in [2.45, 2.75) is 18.9 Å². The summed E-state index contributed by atoms with van der Waals surface area (Å²) in [5.74, 6) is -2.73. The molecule has 0 spiro atoms. The number of carboxylic acids is 1. The second-order valence-corrected chi connectivity index (χ2v) is 3.85. The molecule has 7 nitrogen and oxygen atoms in total. The van der Waals surface area contributed by atoms with Gasteiger partial charge in [0.15, 0.2) is 11.0 Å². The van der Waals surface area contributed by atoms with Gasteiger partial charge in [-0.25, -0.2) is 4.79 Å². The third-order valence-corrected chi connectivity index (χ3v) is 2.28. The standard InChI is InChI=1S/C10H11ClN2O5/c11-7-3-2-6(18-7)9(15)13-5(10(16)17)1-4-8(12)14/h2-3,5H,1,4H2,(H2,12,14)(H,13,15)(H,16,17)/t5-/m1/s1. The molecule has 8 heteroatoms. The highest BCUT2D eigenvalue weighted by atomic mass is 35.5. The molecule has 0 saturated heterocycles. The van der Waals surface area contributed by atoms with Crippen molar-refractivity contribution in [1.29, 1.82) is 0 Å². The highest BCUT2D eigenvalue weighted by Gasteiger charge is 2.22. The van der Waals surface area contributed by atoms with E-state index in [1.54, 1.807) is 0 Å². The molecule has 1 aromatic heterocycles. The van der Waals surface area contributed by atoms with Crippen LogP contribution < -0.4 is 11.1 Å². The Hall–Kier alpha value is -2.02. The lowest BCUT2D eigenvalue weighted by Crippen LogP contribution is -2.41. The summed E-state index contributed by atoms with van der Waals surface area (Å²) in [6.45, 7) is 0. The summed E-state index contributed by atoms with van der Waals surface area (Å²) in [6.07, 6.45) is -0.235. The molecule has 0 radical (unpaired) electrons. The van der Waals surface area contributed by atoms with Gasteiger partial charge in [0.2, 0.25) is 5.91 Å². The Morgan fingerprint density at radius 3 is 2.56 bits per heavy atom. The maximum absolute atomic E-state index is 11.6. The van der Waals surface area contributed by atoms with Crippen LogP contribution in [0.4, 0.5) is 0 Å². The predicted octanol–water partition coefficient (Wildman–Crippen LogP) is 0.381. The first-order chi connectivity index (χ1) is 8.40. The maximum atomic E-state index is 11.6. The van der Waals surface area contributed by atoms with E-state index < -0.39 is 23.8 Å². The van der Waals surface area contributed by atoms with E-state index in [2.05, 4.69) is 5.32 Å². The molecule has 0 saturated carbocycles. The molecule has 98 valence electrons. The second-order valence-electron chi connectivity index (χ2n) is 3.47. The summed E-state index contributed by atoms with van der Waals surface area (Å²) in [6, 6.07) is 1.45. The third-order valence-electron chi connectivity index (χ3n) is 2.08. The van der Waals surface area contributed by atoms with Gasteiger partial charge in [0.25, 0.3) is 5.91 Å². The van der Waals surface area contributed by atoms with Gasteiger partial charge in [0.1, 0.15) is 6.04 Å². The molecule has 18 heavy (non-hydrogen) atoms. The second kappa shape index (κ2) is 6.06. The number of hydrogen-bond donors (Lipinski definition) is 3. The first-order valence-electron chi connectivity index (χ1n) is 4.97. The van der Waals surface area contributed by atoms with Crippen molar-refractivity contribution in [3.05, 3.63) is 23.1 Å². The van der Waals surface area contributed by atoms with Crippen molar-refractivity contribution in [3.8, 4) is 0 Å². The average molecular weight is 275 g/mol. The van der Waals surface area contributed by atoms with Crippen LogP contribution in [0.5, 0.6) is 0 Å². The molecule has 0 unspecified atom stereocenters. The summed E-state index contributed by atoms with van der Waals surface area (Å²) < 4.78 is 4.82. The van der Waals surface area contributed by atoms with Gasteiger partial charge >= 0.3 is 5.97 Å². The number of carbonyl (C=O) groups is 3. The van der Waals surface area contributed by atoms with Crippen molar-refractivity contribution in [3.63, 3.8) is 0 Å². The molecule has 1 aromatic rings. The summed E-state index contributed by atoms with van der Waals surface area (Å²) in [5.41, 5.74) is 4.91. The summed E-state index contributed by atoms with van der Waals surface area (Å²) >= 11 is 5.48. The van der Waals surface area contributed by atoms with E-state index in [1.165, 1.54) is 12.1 Å². The SMILES string of the molecule is NC(=O)CC[C@@H](NC(=O)c1ccc(Cl)o1)C(=O)O. The van der Waals surface area contributed by atoms with Crippen LogP contribution in [0.2, 0.25) is 5.22 Å².